The largest absolute Gasteiger partial charge is 0.510 e. The van der Waals surface area contributed by atoms with Crippen LogP contribution in [0.3, 0.4) is 0 Å². The number of hydrogen-bond acceptors (Lipinski definition) is 5. The minimum atomic E-state index is 0.237. The van der Waals surface area contributed by atoms with Gasteiger partial charge in [0.15, 0.2) is 0 Å². The molecule has 1 aliphatic heterocycles. The highest BCUT2D eigenvalue weighted by Crippen LogP contribution is 2.33. The van der Waals surface area contributed by atoms with Gasteiger partial charge in [0, 0.05) is 4.88 Å². The Morgan fingerprint density at radius 1 is 1.23 bits per heavy atom. The molecule has 110 valence electrons. The van der Waals surface area contributed by atoms with E-state index in [1.807, 2.05) is 46.7 Å². The van der Waals surface area contributed by atoms with Gasteiger partial charge in [0.2, 0.25) is 0 Å². The minimum Gasteiger partial charge on any atom is -0.510 e. The van der Waals surface area contributed by atoms with Crippen molar-refractivity contribution in [3.63, 3.8) is 0 Å². The number of thiophene rings is 1. The van der Waals surface area contributed by atoms with Crippen molar-refractivity contribution in [1.82, 2.24) is 9.88 Å². The number of benzene rings is 1. The molecule has 0 radical (unpaired) electrons. The number of aromatic nitrogens is 1. The normalized spacial score (nSPS) is 15.3. The summed E-state index contributed by atoms with van der Waals surface area (Å²) in [4.78, 5) is 7.62. The van der Waals surface area contributed by atoms with Gasteiger partial charge >= 0.3 is 0 Å². The molecule has 4 nitrogen and oxygen atoms in total. The van der Waals surface area contributed by atoms with Crippen LogP contribution in [-0.2, 0) is 6.54 Å². The Morgan fingerprint density at radius 3 is 2.86 bits per heavy atom. The molecule has 22 heavy (non-hydrogen) atoms. The van der Waals surface area contributed by atoms with E-state index >= 15 is 0 Å². The van der Waals surface area contributed by atoms with E-state index < -0.39 is 0 Å². The summed E-state index contributed by atoms with van der Waals surface area (Å²) in [5.41, 5.74) is 1.48. The van der Waals surface area contributed by atoms with Crippen LogP contribution in [0.4, 0.5) is 0 Å². The maximum absolute atomic E-state index is 10.3. The summed E-state index contributed by atoms with van der Waals surface area (Å²) in [5, 5.41) is 21.4. The van der Waals surface area contributed by atoms with Gasteiger partial charge in [0.05, 0.1) is 28.9 Å². The third-order valence-corrected chi connectivity index (χ3v) is 5.53. The molecule has 0 atom stereocenters. The third-order valence-electron chi connectivity index (χ3n) is 3.62. The van der Waals surface area contributed by atoms with Crippen molar-refractivity contribution in [2.75, 3.05) is 6.54 Å². The van der Waals surface area contributed by atoms with Gasteiger partial charge in [0.25, 0.3) is 0 Å². The Labute approximate surface area is 135 Å². The number of fused-ring (bicyclic) bond motifs is 1. The quantitative estimate of drug-likeness (QED) is 0.761. The number of thiazole rings is 1. The van der Waals surface area contributed by atoms with Crippen molar-refractivity contribution >= 4 is 44.3 Å². The van der Waals surface area contributed by atoms with Gasteiger partial charge < -0.3 is 10.0 Å². The first-order valence-corrected chi connectivity index (χ1v) is 8.56. The van der Waals surface area contributed by atoms with E-state index in [1.165, 1.54) is 16.2 Å². The van der Waals surface area contributed by atoms with Gasteiger partial charge in [-0.2, -0.15) is 0 Å². The van der Waals surface area contributed by atoms with Crippen LogP contribution in [0.5, 0.6) is 0 Å². The van der Waals surface area contributed by atoms with Crippen LogP contribution in [0.1, 0.15) is 9.88 Å². The highest BCUT2D eigenvalue weighted by molar-refractivity contribution is 7.19. The van der Waals surface area contributed by atoms with E-state index in [4.69, 9.17) is 5.41 Å². The monoisotopic (exact) mass is 327 g/mol. The second kappa shape index (κ2) is 5.23. The molecular weight excluding hydrogens is 314 g/mol. The molecule has 2 N–H and O–H groups in total. The minimum absolute atomic E-state index is 0.237. The zero-order valence-electron chi connectivity index (χ0n) is 11.6. The highest BCUT2D eigenvalue weighted by Gasteiger charge is 2.30. The van der Waals surface area contributed by atoms with Gasteiger partial charge in [-0.15, -0.1) is 22.7 Å². The van der Waals surface area contributed by atoms with E-state index in [0.29, 0.717) is 24.5 Å². The third kappa shape index (κ3) is 2.20. The molecule has 0 saturated heterocycles. The van der Waals surface area contributed by atoms with Crippen LogP contribution in [0.2, 0.25) is 0 Å². The highest BCUT2D eigenvalue weighted by atomic mass is 32.1. The second-order valence-corrected chi connectivity index (χ2v) is 7.16. The number of para-hydroxylation sites is 1. The summed E-state index contributed by atoms with van der Waals surface area (Å²) >= 11 is 3.18. The lowest BCUT2D eigenvalue weighted by Crippen LogP contribution is -2.25. The molecule has 2 aromatic heterocycles. The molecule has 0 saturated carbocycles. The second-order valence-electron chi connectivity index (χ2n) is 5.09. The number of nitrogens with one attached hydrogen (secondary N) is 1. The predicted molar refractivity (Wildman–Crippen MR) is 91.6 cm³/mol. The molecule has 0 spiro atoms. The fourth-order valence-electron chi connectivity index (χ4n) is 2.56. The van der Waals surface area contributed by atoms with Crippen LogP contribution in [0.15, 0.2) is 47.5 Å². The van der Waals surface area contributed by atoms with Crippen molar-refractivity contribution in [2.45, 2.75) is 6.54 Å². The SMILES string of the molecule is N=C1C(c2nc3ccccc3s2)=C(O)CN1Cc1cccs1. The lowest BCUT2D eigenvalue weighted by Gasteiger charge is -2.17. The molecular formula is C16H13N3OS2. The van der Waals surface area contributed by atoms with Crippen LogP contribution in [0.25, 0.3) is 15.8 Å². The summed E-state index contributed by atoms with van der Waals surface area (Å²) < 4.78 is 1.07. The van der Waals surface area contributed by atoms with Crippen molar-refractivity contribution in [3.8, 4) is 0 Å². The number of rotatable bonds is 3. The van der Waals surface area contributed by atoms with Gasteiger partial charge in [-0.05, 0) is 23.6 Å². The summed E-state index contributed by atoms with van der Waals surface area (Å²) in [6.45, 7) is 1.02. The Balaban J connectivity index is 1.66. The first-order valence-electron chi connectivity index (χ1n) is 6.86. The molecule has 0 aliphatic carbocycles. The molecule has 6 heteroatoms. The lowest BCUT2D eigenvalue weighted by molar-refractivity contribution is 0.348. The standard InChI is InChI=1S/C16H13N3OS2/c17-15-14(16-18-11-5-1-2-6-13(11)22-16)12(20)9-19(15)8-10-4-3-7-21-10/h1-7,17,20H,8-9H2. The Hall–Kier alpha value is -2.18. The molecule has 0 bridgehead atoms. The van der Waals surface area contributed by atoms with Gasteiger partial charge in [-0.1, -0.05) is 18.2 Å². The predicted octanol–water partition coefficient (Wildman–Crippen LogP) is 4.12. The summed E-state index contributed by atoms with van der Waals surface area (Å²) in [6, 6.07) is 11.9. The van der Waals surface area contributed by atoms with E-state index in [2.05, 4.69) is 4.98 Å². The fraction of sp³-hybridized carbons (Fsp3) is 0.125. The Morgan fingerprint density at radius 2 is 2.09 bits per heavy atom. The van der Waals surface area contributed by atoms with E-state index in [0.717, 1.165) is 15.2 Å². The summed E-state index contributed by atoms with van der Waals surface area (Å²) in [5.74, 6) is 0.588. The Kier molecular flexibility index (Phi) is 3.20. The zero-order valence-corrected chi connectivity index (χ0v) is 13.2. The van der Waals surface area contributed by atoms with Crippen molar-refractivity contribution < 1.29 is 5.11 Å². The number of aliphatic hydroxyl groups is 1. The number of nitrogens with zero attached hydrogens (tertiary/aromatic N) is 2. The maximum Gasteiger partial charge on any atom is 0.135 e. The van der Waals surface area contributed by atoms with Crippen LogP contribution in [-0.4, -0.2) is 27.4 Å². The van der Waals surface area contributed by atoms with E-state index in [-0.39, 0.29) is 5.76 Å². The molecule has 1 aliphatic rings. The molecule has 0 amide bonds. The topological polar surface area (TPSA) is 60.2 Å². The molecule has 4 rings (SSSR count). The molecule has 3 aromatic rings. The fourth-order valence-corrected chi connectivity index (χ4v) is 4.32. The van der Waals surface area contributed by atoms with Gasteiger partial charge in [0.1, 0.15) is 16.6 Å². The van der Waals surface area contributed by atoms with E-state index in [9.17, 15) is 5.11 Å². The van der Waals surface area contributed by atoms with Gasteiger partial charge in [-0.25, -0.2) is 4.98 Å². The molecule has 3 heterocycles. The molecule has 0 unspecified atom stereocenters. The first-order chi connectivity index (χ1) is 10.7. The number of amidine groups is 1. The zero-order chi connectivity index (χ0) is 15.1. The smallest absolute Gasteiger partial charge is 0.135 e. The van der Waals surface area contributed by atoms with E-state index in [1.54, 1.807) is 11.3 Å². The van der Waals surface area contributed by atoms with Crippen LogP contribution in [0, 0.1) is 5.41 Å². The average molecular weight is 327 g/mol. The summed E-state index contributed by atoms with van der Waals surface area (Å²) in [7, 11) is 0. The molecule has 0 fully saturated rings. The molecule has 1 aromatic carbocycles. The maximum atomic E-state index is 10.3. The Bertz CT molecular complexity index is 847. The first kappa shape index (κ1) is 13.5. The number of hydrogen-bond donors (Lipinski definition) is 2. The van der Waals surface area contributed by atoms with Crippen LogP contribution >= 0.6 is 22.7 Å². The number of aliphatic hydroxyl groups excluding tert-OH is 1. The van der Waals surface area contributed by atoms with Crippen molar-refractivity contribution in [1.29, 1.82) is 5.41 Å². The van der Waals surface area contributed by atoms with Gasteiger partial charge in [-0.3, -0.25) is 5.41 Å². The lowest BCUT2D eigenvalue weighted by atomic mass is 10.2. The van der Waals surface area contributed by atoms with Crippen molar-refractivity contribution in [3.05, 3.63) is 57.4 Å². The van der Waals surface area contributed by atoms with Crippen LogP contribution < -0.4 is 0 Å². The average Bonchev–Trinajstić information content (AvgIpc) is 3.19. The van der Waals surface area contributed by atoms with Crippen molar-refractivity contribution in [2.24, 2.45) is 0 Å². The summed E-state index contributed by atoms with van der Waals surface area (Å²) in [6.07, 6.45) is 0.